The third-order valence-corrected chi connectivity index (χ3v) is 3.74. The lowest BCUT2D eigenvalue weighted by molar-refractivity contribution is -0.115. The molecule has 6 heteroatoms. The summed E-state index contributed by atoms with van der Waals surface area (Å²) in [5, 5.41) is 7.99. The van der Waals surface area contributed by atoms with E-state index in [-0.39, 0.29) is 17.9 Å². The Morgan fingerprint density at radius 1 is 1.30 bits per heavy atom. The molecule has 0 spiro atoms. The molecule has 2 heterocycles. The number of carbonyl (C=O) groups is 1. The molecule has 2 aromatic heterocycles. The molecule has 0 unspecified atom stereocenters. The van der Waals surface area contributed by atoms with Crippen LogP contribution in [0.1, 0.15) is 18.2 Å². The molecule has 0 radical (unpaired) electrons. The number of nitrogens with zero attached hydrogens (tertiary/aromatic N) is 2. The first-order valence-electron chi connectivity index (χ1n) is 7.50. The highest BCUT2D eigenvalue weighted by Gasteiger charge is 2.11. The van der Waals surface area contributed by atoms with Crippen molar-refractivity contribution < 1.29 is 4.79 Å². The lowest BCUT2D eigenvalue weighted by atomic mass is 10.1. The van der Waals surface area contributed by atoms with Gasteiger partial charge in [-0.1, -0.05) is 25.1 Å². The maximum absolute atomic E-state index is 12.2. The summed E-state index contributed by atoms with van der Waals surface area (Å²) in [4.78, 5) is 27.1. The quantitative estimate of drug-likeness (QED) is 0.773. The van der Waals surface area contributed by atoms with E-state index in [1.807, 2.05) is 37.3 Å². The molecular formula is C17H18N4O2. The molecule has 0 fully saturated rings. The van der Waals surface area contributed by atoms with Gasteiger partial charge in [-0.3, -0.25) is 14.3 Å². The van der Waals surface area contributed by atoms with Crippen molar-refractivity contribution in [2.24, 2.45) is 7.05 Å². The number of H-pyrrole nitrogens is 1. The number of anilines is 1. The van der Waals surface area contributed by atoms with Crippen LogP contribution in [0.3, 0.4) is 0 Å². The fourth-order valence-electron chi connectivity index (χ4n) is 2.50. The Labute approximate surface area is 133 Å². The van der Waals surface area contributed by atoms with Crippen LogP contribution in [0.5, 0.6) is 0 Å². The summed E-state index contributed by atoms with van der Waals surface area (Å²) in [6.07, 6.45) is 0.820. The first-order valence-corrected chi connectivity index (χ1v) is 7.50. The number of aromatic nitrogens is 3. The number of rotatable bonds is 4. The third kappa shape index (κ3) is 3.15. The molecule has 3 rings (SSSR count). The van der Waals surface area contributed by atoms with E-state index >= 15 is 0 Å². The molecule has 0 aliphatic carbocycles. The molecule has 3 aromatic rings. The van der Waals surface area contributed by atoms with Gasteiger partial charge in [0.2, 0.25) is 5.91 Å². The minimum atomic E-state index is -0.239. The second kappa shape index (κ2) is 6.08. The maximum Gasteiger partial charge on any atom is 0.252 e. The Balaban J connectivity index is 1.81. The van der Waals surface area contributed by atoms with Crippen LogP contribution >= 0.6 is 0 Å². The number of fused-ring (bicyclic) bond motifs is 1. The van der Waals surface area contributed by atoms with Crippen molar-refractivity contribution in [3.8, 4) is 0 Å². The Morgan fingerprint density at radius 3 is 2.83 bits per heavy atom. The highest BCUT2D eigenvalue weighted by molar-refractivity contribution is 5.92. The number of nitrogens with one attached hydrogen (secondary N) is 2. The van der Waals surface area contributed by atoms with Gasteiger partial charge in [0.25, 0.3) is 5.56 Å². The van der Waals surface area contributed by atoms with Gasteiger partial charge in [0, 0.05) is 24.2 Å². The number of aryl methyl sites for hydroxylation is 2. The van der Waals surface area contributed by atoms with Gasteiger partial charge in [-0.25, -0.2) is 0 Å². The number of benzene rings is 1. The van der Waals surface area contributed by atoms with Crippen LogP contribution in [-0.4, -0.2) is 20.7 Å². The van der Waals surface area contributed by atoms with Crippen LogP contribution in [0.25, 0.3) is 10.9 Å². The van der Waals surface area contributed by atoms with Gasteiger partial charge in [0.05, 0.1) is 12.1 Å². The molecule has 23 heavy (non-hydrogen) atoms. The van der Waals surface area contributed by atoms with E-state index in [9.17, 15) is 9.59 Å². The lowest BCUT2D eigenvalue weighted by Crippen LogP contribution is -2.22. The lowest BCUT2D eigenvalue weighted by Gasteiger charge is -2.06. The smallest absolute Gasteiger partial charge is 0.252 e. The van der Waals surface area contributed by atoms with E-state index in [4.69, 9.17) is 0 Å². The van der Waals surface area contributed by atoms with E-state index in [0.717, 1.165) is 23.0 Å². The summed E-state index contributed by atoms with van der Waals surface area (Å²) < 4.78 is 1.63. The zero-order chi connectivity index (χ0) is 16.4. The number of carbonyl (C=O) groups excluding carboxylic acids is 1. The van der Waals surface area contributed by atoms with Crippen molar-refractivity contribution in [1.82, 2.24) is 14.8 Å². The molecule has 0 saturated heterocycles. The van der Waals surface area contributed by atoms with Crippen molar-refractivity contribution in [3.05, 3.63) is 58.0 Å². The highest BCUT2D eigenvalue weighted by Crippen LogP contribution is 2.12. The van der Waals surface area contributed by atoms with Gasteiger partial charge in [0.15, 0.2) is 0 Å². The van der Waals surface area contributed by atoms with Crippen molar-refractivity contribution in [3.63, 3.8) is 0 Å². The van der Waals surface area contributed by atoms with Gasteiger partial charge in [-0.15, -0.1) is 0 Å². The zero-order valence-corrected chi connectivity index (χ0v) is 13.1. The number of aromatic amines is 1. The van der Waals surface area contributed by atoms with E-state index in [0.29, 0.717) is 11.4 Å². The number of pyridine rings is 1. The number of hydrogen-bond donors (Lipinski definition) is 2. The Hall–Kier alpha value is -2.89. The van der Waals surface area contributed by atoms with Gasteiger partial charge < -0.3 is 10.3 Å². The number of para-hydroxylation sites is 1. The largest absolute Gasteiger partial charge is 0.322 e. The molecule has 0 aliphatic heterocycles. The molecule has 6 nitrogen and oxygen atoms in total. The van der Waals surface area contributed by atoms with Crippen LogP contribution < -0.4 is 10.9 Å². The highest BCUT2D eigenvalue weighted by atomic mass is 16.2. The van der Waals surface area contributed by atoms with Crippen LogP contribution in [0.2, 0.25) is 0 Å². The van der Waals surface area contributed by atoms with Crippen LogP contribution in [0, 0.1) is 0 Å². The number of amides is 1. The first-order chi connectivity index (χ1) is 11.1. The fourth-order valence-corrected chi connectivity index (χ4v) is 2.50. The van der Waals surface area contributed by atoms with E-state index in [1.54, 1.807) is 17.8 Å². The summed E-state index contributed by atoms with van der Waals surface area (Å²) in [6, 6.07) is 11.1. The Bertz CT molecular complexity index is 924. The topological polar surface area (TPSA) is 79.8 Å². The molecule has 0 bridgehead atoms. The van der Waals surface area contributed by atoms with Gasteiger partial charge in [0.1, 0.15) is 5.82 Å². The summed E-state index contributed by atoms with van der Waals surface area (Å²) in [5.74, 6) is 0.389. The van der Waals surface area contributed by atoms with Crippen LogP contribution in [0.4, 0.5) is 5.82 Å². The summed E-state index contributed by atoms with van der Waals surface area (Å²) in [6.45, 7) is 2.00. The maximum atomic E-state index is 12.2. The molecule has 1 amide bonds. The van der Waals surface area contributed by atoms with Crippen LogP contribution in [0.15, 0.2) is 41.2 Å². The van der Waals surface area contributed by atoms with E-state index in [2.05, 4.69) is 15.4 Å². The monoisotopic (exact) mass is 310 g/mol. The second-order valence-electron chi connectivity index (χ2n) is 5.43. The second-order valence-corrected chi connectivity index (χ2v) is 5.43. The first kappa shape index (κ1) is 15.0. The predicted molar refractivity (Wildman–Crippen MR) is 89.5 cm³/mol. The summed E-state index contributed by atoms with van der Waals surface area (Å²) in [7, 11) is 1.78. The Kier molecular flexibility index (Phi) is 3.97. The molecule has 0 saturated carbocycles. The van der Waals surface area contributed by atoms with Crippen molar-refractivity contribution in [2.75, 3.05) is 5.32 Å². The Morgan fingerprint density at radius 2 is 2.09 bits per heavy atom. The minimum absolute atomic E-state index is 0.0206. The standard InChI is InChI=1S/C17H18N4O2/c1-3-13-10-15(21(2)20-13)19-16(22)9-12-8-11-6-4-5-7-14(11)18-17(12)23/h4-8,10H,3,9H2,1-2H3,(H,18,23)(H,19,22). The van der Waals surface area contributed by atoms with Crippen LogP contribution in [-0.2, 0) is 24.7 Å². The average molecular weight is 310 g/mol. The summed E-state index contributed by atoms with van der Waals surface area (Å²) >= 11 is 0. The number of hydrogen-bond acceptors (Lipinski definition) is 3. The van der Waals surface area contributed by atoms with Gasteiger partial charge in [-0.2, -0.15) is 5.10 Å². The van der Waals surface area contributed by atoms with Gasteiger partial charge in [-0.05, 0) is 23.9 Å². The zero-order valence-electron chi connectivity index (χ0n) is 13.1. The molecule has 0 aliphatic rings. The van der Waals surface area contributed by atoms with E-state index in [1.165, 1.54) is 0 Å². The molecule has 1 aromatic carbocycles. The summed E-state index contributed by atoms with van der Waals surface area (Å²) in [5.41, 5.74) is 1.88. The minimum Gasteiger partial charge on any atom is -0.322 e. The van der Waals surface area contributed by atoms with Gasteiger partial charge >= 0.3 is 0 Å². The third-order valence-electron chi connectivity index (χ3n) is 3.74. The normalized spacial score (nSPS) is 10.9. The van der Waals surface area contributed by atoms with Crippen molar-refractivity contribution in [1.29, 1.82) is 0 Å². The van der Waals surface area contributed by atoms with E-state index < -0.39 is 0 Å². The predicted octanol–water partition coefficient (Wildman–Crippen LogP) is 2.01. The van der Waals surface area contributed by atoms with Crippen molar-refractivity contribution >= 4 is 22.6 Å². The van der Waals surface area contributed by atoms with Crippen molar-refractivity contribution in [2.45, 2.75) is 19.8 Å². The average Bonchev–Trinajstić information content (AvgIpc) is 2.88. The SMILES string of the molecule is CCc1cc(NC(=O)Cc2cc3ccccc3[nH]c2=O)n(C)n1. The molecule has 0 atom stereocenters. The molecule has 2 N–H and O–H groups in total. The fraction of sp³-hybridized carbons (Fsp3) is 0.235. The molecular weight excluding hydrogens is 292 g/mol. The molecule has 118 valence electrons.